The van der Waals surface area contributed by atoms with E-state index < -0.39 is 9.84 Å². The van der Waals surface area contributed by atoms with Crippen molar-refractivity contribution in [3.8, 4) is 0 Å². The lowest BCUT2D eigenvalue weighted by molar-refractivity contribution is -0.120. The van der Waals surface area contributed by atoms with Crippen molar-refractivity contribution < 1.29 is 13.2 Å². The molecule has 2 aromatic rings. The smallest absolute Gasteiger partial charge is 0.224 e. The standard InChI is InChI=1S/C23H30N2O3S/c1-29(27,28)21-13-11-19(12-14-21)17-23(26)24-18-22(20-9-5-4-6-10-20)25-15-7-2-3-8-16-25/h4-6,9-14,22H,2-3,7-8,15-18H2,1H3,(H,24,26)/t22-/m1/s1. The minimum atomic E-state index is -3.22. The van der Waals surface area contributed by atoms with Gasteiger partial charge in [-0.05, 0) is 49.2 Å². The van der Waals surface area contributed by atoms with Gasteiger partial charge in [0.1, 0.15) is 0 Å². The van der Waals surface area contributed by atoms with Crippen LogP contribution in [0.15, 0.2) is 59.5 Å². The van der Waals surface area contributed by atoms with Gasteiger partial charge < -0.3 is 5.32 Å². The maximum atomic E-state index is 12.5. The fourth-order valence-electron chi connectivity index (χ4n) is 3.85. The lowest BCUT2D eigenvalue weighted by Crippen LogP contribution is -2.39. The topological polar surface area (TPSA) is 66.5 Å². The summed E-state index contributed by atoms with van der Waals surface area (Å²) in [5.74, 6) is -0.0483. The molecule has 0 unspecified atom stereocenters. The number of hydrogen-bond acceptors (Lipinski definition) is 4. The number of carbonyl (C=O) groups is 1. The zero-order chi connectivity index (χ0) is 20.7. The van der Waals surface area contributed by atoms with Crippen molar-refractivity contribution in [2.75, 3.05) is 25.9 Å². The van der Waals surface area contributed by atoms with Crippen molar-refractivity contribution in [3.05, 3.63) is 65.7 Å². The predicted octanol–water partition coefficient (Wildman–Crippen LogP) is 3.37. The van der Waals surface area contributed by atoms with Gasteiger partial charge in [-0.25, -0.2) is 8.42 Å². The molecular weight excluding hydrogens is 384 g/mol. The Kier molecular flexibility index (Phi) is 7.45. The highest BCUT2D eigenvalue weighted by Crippen LogP contribution is 2.23. The number of amides is 1. The minimum Gasteiger partial charge on any atom is -0.354 e. The lowest BCUT2D eigenvalue weighted by Gasteiger charge is -2.31. The van der Waals surface area contributed by atoms with Crippen LogP contribution in [0.25, 0.3) is 0 Å². The van der Waals surface area contributed by atoms with Crippen molar-refractivity contribution in [1.82, 2.24) is 10.2 Å². The maximum absolute atomic E-state index is 12.5. The molecule has 1 aliphatic heterocycles. The number of hydrogen-bond donors (Lipinski definition) is 1. The van der Waals surface area contributed by atoms with Crippen molar-refractivity contribution >= 4 is 15.7 Å². The molecule has 6 heteroatoms. The van der Waals surface area contributed by atoms with Crippen molar-refractivity contribution in [1.29, 1.82) is 0 Å². The van der Waals surface area contributed by atoms with E-state index >= 15 is 0 Å². The molecule has 1 amide bonds. The molecule has 156 valence electrons. The van der Waals surface area contributed by atoms with Crippen LogP contribution in [-0.2, 0) is 21.1 Å². The summed E-state index contributed by atoms with van der Waals surface area (Å²) in [4.78, 5) is 15.3. The van der Waals surface area contributed by atoms with Crippen LogP contribution < -0.4 is 5.32 Å². The van der Waals surface area contributed by atoms with Crippen LogP contribution in [0.2, 0.25) is 0 Å². The third-order valence-corrected chi connectivity index (χ3v) is 6.60. The van der Waals surface area contributed by atoms with Crippen LogP contribution in [0.5, 0.6) is 0 Å². The number of sulfone groups is 1. The van der Waals surface area contributed by atoms with Crippen molar-refractivity contribution in [2.24, 2.45) is 0 Å². The monoisotopic (exact) mass is 414 g/mol. The molecule has 3 rings (SSSR count). The normalized spacial score (nSPS) is 16.7. The molecule has 2 aromatic carbocycles. The molecule has 1 aliphatic rings. The Balaban J connectivity index is 1.63. The predicted molar refractivity (Wildman–Crippen MR) is 115 cm³/mol. The summed E-state index contributed by atoms with van der Waals surface area (Å²) in [5.41, 5.74) is 2.04. The molecule has 5 nitrogen and oxygen atoms in total. The van der Waals surface area contributed by atoms with Crippen LogP contribution in [0, 0.1) is 0 Å². The summed E-state index contributed by atoms with van der Waals surface area (Å²) in [6.07, 6.45) is 6.36. The fourth-order valence-corrected chi connectivity index (χ4v) is 4.48. The summed E-state index contributed by atoms with van der Waals surface area (Å²) in [6.45, 7) is 2.69. The van der Waals surface area contributed by atoms with E-state index in [9.17, 15) is 13.2 Å². The Morgan fingerprint density at radius 3 is 2.17 bits per heavy atom. The minimum absolute atomic E-state index is 0.0483. The highest BCUT2D eigenvalue weighted by Gasteiger charge is 2.22. The van der Waals surface area contributed by atoms with E-state index in [1.54, 1.807) is 24.3 Å². The molecule has 1 fully saturated rings. The lowest BCUT2D eigenvalue weighted by atomic mass is 10.0. The third kappa shape index (κ3) is 6.41. The first-order valence-corrected chi connectivity index (χ1v) is 12.2. The van der Waals surface area contributed by atoms with E-state index in [2.05, 4.69) is 22.3 Å². The summed E-state index contributed by atoms with van der Waals surface area (Å²) in [5, 5.41) is 3.09. The molecule has 1 heterocycles. The first-order chi connectivity index (χ1) is 13.9. The van der Waals surface area contributed by atoms with Crippen LogP contribution in [0.3, 0.4) is 0 Å². The van der Waals surface area contributed by atoms with E-state index in [-0.39, 0.29) is 23.3 Å². The zero-order valence-electron chi connectivity index (χ0n) is 17.0. The molecule has 0 bridgehead atoms. The highest BCUT2D eigenvalue weighted by atomic mass is 32.2. The van der Waals surface area contributed by atoms with E-state index in [0.29, 0.717) is 6.54 Å². The summed E-state index contributed by atoms with van der Waals surface area (Å²) >= 11 is 0. The largest absolute Gasteiger partial charge is 0.354 e. The molecular formula is C23H30N2O3S. The number of nitrogens with one attached hydrogen (secondary N) is 1. The highest BCUT2D eigenvalue weighted by molar-refractivity contribution is 7.90. The summed E-state index contributed by atoms with van der Waals surface area (Å²) in [7, 11) is -3.22. The van der Waals surface area contributed by atoms with E-state index in [1.807, 2.05) is 18.2 Å². The van der Waals surface area contributed by atoms with Gasteiger partial charge in [0.05, 0.1) is 17.4 Å². The van der Waals surface area contributed by atoms with Crippen molar-refractivity contribution in [2.45, 2.75) is 43.0 Å². The van der Waals surface area contributed by atoms with Crippen molar-refractivity contribution in [3.63, 3.8) is 0 Å². The molecule has 0 spiro atoms. The molecule has 1 saturated heterocycles. The summed E-state index contributed by atoms with van der Waals surface area (Å²) < 4.78 is 23.1. The maximum Gasteiger partial charge on any atom is 0.224 e. The van der Waals surface area contributed by atoms with Crippen LogP contribution in [0.4, 0.5) is 0 Å². The van der Waals surface area contributed by atoms with E-state index in [1.165, 1.54) is 37.5 Å². The van der Waals surface area contributed by atoms with Gasteiger partial charge in [-0.2, -0.15) is 0 Å². The molecule has 1 N–H and O–H groups in total. The van der Waals surface area contributed by atoms with Crippen LogP contribution >= 0.6 is 0 Å². The molecule has 0 aromatic heterocycles. The quantitative estimate of drug-likeness (QED) is 0.754. The molecule has 29 heavy (non-hydrogen) atoms. The van der Waals surface area contributed by atoms with E-state index in [4.69, 9.17) is 0 Å². The number of likely N-dealkylation sites (tertiary alicyclic amines) is 1. The molecule has 0 aliphatic carbocycles. The third-order valence-electron chi connectivity index (χ3n) is 5.47. The average Bonchev–Trinajstić information content (AvgIpc) is 2.98. The number of carbonyl (C=O) groups excluding carboxylic acids is 1. The SMILES string of the molecule is CS(=O)(=O)c1ccc(CC(=O)NC[C@H](c2ccccc2)N2CCCCCC2)cc1. The van der Waals surface area contributed by atoms with Gasteiger partial charge in [-0.1, -0.05) is 55.3 Å². The fraction of sp³-hybridized carbons (Fsp3) is 0.435. The first kappa shape index (κ1) is 21.5. The van der Waals surface area contributed by atoms with E-state index in [0.717, 1.165) is 18.7 Å². The molecule has 0 radical (unpaired) electrons. The Hall–Kier alpha value is -2.18. The van der Waals surface area contributed by atoms with Gasteiger partial charge in [-0.15, -0.1) is 0 Å². The van der Waals surface area contributed by atoms with Gasteiger partial charge in [0.15, 0.2) is 9.84 Å². The first-order valence-electron chi connectivity index (χ1n) is 10.3. The number of nitrogens with zero attached hydrogens (tertiary/aromatic N) is 1. The molecule has 1 atom stereocenters. The average molecular weight is 415 g/mol. The zero-order valence-corrected chi connectivity index (χ0v) is 17.8. The van der Waals surface area contributed by atoms with Gasteiger partial charge >= 0.3 is 0 Å². The Labute approximate surface area is 174 Å². The Morgan fingerprint density at radius 1 is 0.966 bits per heavy atom. The Morgan fingerprint density at radius 2 is 1.59 bits per heavy atom. The molecule has 0 saturated carbocycles. The summed E-state index contributed by atoms with van der Waals surface area (Å²) in [6, 6.07) is 17.1. The van der Waals surface area contributed by atoms with Gasteiger partial charge in [0, 0.05) is 12.8 Å². The van der Waals surface area contributed by atoms with Gasteiger partial charge in [-0.3, -0.25) is 9.69 Å². The van der Waals surface area contributed by atoms with Crippen LogP contribution in [0.1, 0.15) is 42.9 Å². The Bertz CT molecular complexity index is 887. The second-order valence-corrected chi connectivity index (χ2v) is 9.79. The second kappa shape index (κ2) is 10.0. The van der Waals surface area contributed by atoms with Gasteiger partial charge in [0.25, 0.3) is 0 Å². The van der Waals surface area contributed by atoms with Gasteiger partial charge in [0.2, 0.25) is 5.91 Å². The van der Waals surface area contributed by atoms with Crippen LogP contribution in [-0.4, -0.2) is 45.1 Å². The number of benzene rings is 2. The number of rotatable bonds is 7. The second-order valence-electron chi connectivity index (χ2n) is 7.77.